The number of aromatic nitrogens is 3. The zero-order chi connectivity index (χ0) is 37.2. The molecular weight excluding hydrogens is 681 g/mol. The number of pyridine rings is 1. The maximum Gasteiger partial charge on any atom is 0.0999 e. The predicted octanol–water partition coefficient (Wildman–Crippen LogP) is 13.3. The Balaban J connectivity index is 1.26. The smallest absolute Gasteiger partial charge is 0.0999 e. The average Bonchev–Trinajstić information content (AvgIpc) is 3.28. The van der Waals surface area contributed by atoms with E-state index in [0.29, 0.717) is 16.6 Å². The molecule has 0 bridgehead atoms. The topological polar surface area (TPSA) is 62.5 Å². The molecule has 0 fully saturated rings. The first-order valence-electron chi connectivity index (χ1n) is 18.8. The zero-order valence-corrected chi connectivity index (χ0v) is 30.1. The molecule has 2 heterocycles. The minimum absolute atomic E-state index is 0.537. The molecule has 0 aliphatic carbocycles. The second-order valence-electron chi connectivity index (χ2n) is 14.2. The van der Waals surface area contributed by atoms with E-state index >= 15 is 0 Å². The van der Waals surface area contributed by atoms with Crippen molar-refractivity contribution in [2.45, 2.75) is 0 Å². The molecule has 2 aromatic heterocycles. The molecule has 11 aromatic rings. The number of rotatable bonds is 4. The van der Waals surface area contributed by atoms with E-state index in [0.717, 1.165) is 66.6 Å². The molecule has 0 saturated heterocycles. The van der Waals surface area contributed by atoms with Crippen molar-refractivity contribution in [2.75, 3.05) is 0 Å². The highest BCUT2D eigenvalue weighted by Gasteiger charge is 2.23. The molecule has 0 N–H and O–H groups in total. The Kier molecular flexibility index (Phi) is 7.20. The van der Waals surface area contributed by atoms with Crippen LogP contribution in [-0.4, -0.2) is 15.0 Å². The fraction of sp³-hybridized carbons (Fsp3) is 0. The van der Waals surface area contributed by atoms with Gasteiger partial charge in [-0.1, -0.05) is 164 Å². The number of nitriles is 1. The fourth-order valence-electron chi connectivity index (χ4n) is 8.56. The standard InChI is InChI=1S/C52H30N4/c53-31-35-30-46-52(56-50(33-17-5-2-6-18-33)49(55-46)32-15-3-1-4-16-32)48-47(35)43-25-13-14-26-45(43)54-51(48)42-24-12-7-19-36(42)34-27-28-41-39-22-9-8-20-37(39)38-21-10-11-23-40(38)44(41)29-34/h1-30H. The first-order valence-corrected chi connectivity index (χ1v) is 18.8. The number of benzene rings is 9. The number of para-hydroxylation sites is 1. The van der Waals surface area contributed by atoms with Crippen molar-refractivity contribution in [3.05, 3.63) is 188 Å². The van der Waals surface area contributed by atoms with E-state index in [1.165, 1.54) is 32.3 Å². The van der Waals surface area contributed by atoms with Crippen molar-refractivity contribution in [1.29, 1.82) is 5.26 Å². The van der Waals surface area contributed by atoms with E-state index in [4.69, 9.17) is 15.0 Å². The van der Waals surface area contributed by atoms with Crippen LogP contribution in [0.1, 0.15) is 5.56 Å². The summed E-state index contributed by atoms with van der Waals surface area (Å²) in [6.45, 7) is 0. The van der Waals surface area contributed by atoms with Crippen molar-refractivity contribution < 1.29 is 0 Å². The van der Waals surface area contributed by atoms with Crippen molar-refractivity contribution in [3.63, 3.8) is 0 Å². The predicted molar refractivity (Wildman–Crippen MR) is 231 cm³/mol. The maximum absolute atomic E-state index is 10.8. The van der Waals surface area contributed by atoms with Crippen LogP contribution >= 0.6 is 0 Å². The molecule has 0 saturated carbocycles. The van der Waals surface area contributed by atoms with E-state index < -0.39 is 0 Å². The van der Waals surface area contributed by atoms with E-state index in [1.54, 1.807) is 0 Å². The summed E-state index contributed by atoms with van der Waals surface area (Å²) in [6, 6.07) is 65.5. The molecule has 0 radical (unpaired) electrons. The van der Waals surface area contributed by atoms with Crippen LogP contribution in [-0.2, 0) is 0 Å². The van der Waals surface area contributed by atoms with Crippen molar-refractivity contribution in [3.8, 4) is 51.0 Å². The van der Waals surface area contributed by atoms with E-state index in [2.05, 4.69) is 127 Å². The van der Waals surface area contributed by atoms with Crippen LogP contribution in [0.25, 0.3) is 110 Å². The fourth-order valence-corrected chi connectivity index (χ4v) is 8.56. The highest BCUT2D eigenvalue weighted by Crippen LogP contribution is 2.44. The Labute approximate surface area is 322 Å². The van der Waals surface area contributed by atoms with Crippen LogP contribution in [0.3, 0.4) is 0 Å². The summed E-state index contributed by atoms with van der Waals surface area (Å²) >= 11 is 0. The van der Waals surface area contributed by atoms with E-state index in [9.17, 15) is 5.26 Å². The third kappa shape index (κ3) is 4.89. The van der Waals surface area contributed by atoms with Gasteiger partial charge >= 0.3 is 0 Å². The molecule has 4 nitrogen and oxygen atoms in total. The summed E-state index contributed by atoms with van der Waals surface area (Å²) in [6.07, 6.45) is 0. The van der Waals surface area contributed by atoms with Gasteiger partial charge in [-0.15, -0.1) is 0 Å². The Hall–Kier alpha value is -7.74. The second kappa shape index (κ2) is 12.7. The Morgan fingerprint density at radius 2 is 0.839 bits per heavy atom. The van der Waals surface area contributed by atoms with Gasteiger partial charge in [0.2, 0.25) is 0 Å². The van der Waals surface area contributed by atoms with Gasteiger partial charge in [-0.3, -0.25) is 0 Å². The minimum Gasteiger partial charge on any atom is -0.247 e. The third-order valence-electron chi connectivity index (χ3n) is 11.1. The van der Waals surface area contributed by atoms with Gasteiger partial charge in [0.1, 0.15) is 0 Å². The van der Waals surface area contributed by atoms with E-state index in [1.807, 2.05) is 60.7 Å². The molecule has 258 valence electrons. The molecule has 9 aromatic carbocycles. The third-order valence-corrected chi connectivity index (χ3v) is 11.1. The SMILES string of the molecule is N#Cc1cc2nc(-c3ccccc3)c(-c3ccccc3)nc2c2c(-c3ccccc3-c3ccc4c5ccccc5c5ccccc5c4c3)nc3ccccc3c12. The van der Waals surface area contributed by atoms with E-state index in [-0.39, 0.29) is 0 Å². The molecule has 11 rings (SSSR count). The van der Waals surface area contributed by atoms with Crippen LogP contribution in [0.2, 0.25) is 0 Å². The maximum atomic E-state index is 10.8. The molecule has 0 atom stereocenters. The summed E-state index contributed by atoms with van der Waals surface area (Å²) in [5, 5.41) is 20.7. The molecule has 0 amide bonds. The van der Waals surface area contributed by atoms with Crippen LogP contribution in [0, 0.1) is 11.3 Å². The first kappa shape index (κ1) is 31.8. The Bertz CT molecular complexity index is 3390. The summed E-state index contributed by atoms with van der Waals surface area (Å²) in [4.78, 5) is 16.3. The summed E-state index contributed by atoms with van der Waals surface area (Å²) in [7, 11) is 0. The van der Waals surface area contributed by atoms with Crippen LogP contribution < -0.4 is 0 Å². The number of fused-ring (bicyclic) bond motifs is 11. The number of hydrogen-bond acceptors (Lipinski definition) is 4. The monoisotopic (exact) mass is 710 g/mol. The molecule has 56 heavy (non-hydrogen) atoms. The summed E-state index contributed by atoms with van der Waals surface area (Å²) in [5.74, 6) is 0. The van der Waals surface area contributed by atoms with Crippen molar-refractivity contribution >= 4 is 65.0 Å². The van der Waals surface area contributed by atoms with Gasteiger partial charge in [0, 0.05) is 32.8 Å². The Morgan fingerprint density at radius 3 is 1.48 bits per heavy atom. The molecular formula is C52H30N4. The molecule has 4 heteroatoms. The molecule has 0 unspecified atom stereocenters. The summed E-state index contributed by atoms with van der Waals surface area (Å²) in [5.41, 5.74) is 10.0. The quantitative estimate of drug-likeness (QED) is 0.171. The average molecular weight is 711 g/mol. The minimum atomic E-state index is 0.537. The molecule has 0 aliphatic heterocycles. The van der Waals surface area contributed by atoms with Gasteiger partial charge in [0.15, 0.2) is 0 Å². The second-order valence-corrected chi connectivity index (χ2v) is 14.2. The van der Waals surface area contributed by atoms with Gasteiger partial charge in [-0.05, 0) is 61.6 Å². The first-order chi connectivity index (χ1) is 27.7. The molecule has 0 spiro atoms. The van der Waals surface area contributed by atoms with Crippen LogP contribution in [0.4, 0.5) is 0 Å². The Morgan fingerprint density at radius 1 is 0.339 bits per heavy atom. The lowest BCUT2D eigenvalue weighted by Gasteiger charge is -2.18. The highest BCUT2D eigenvalue weighted by molar-refractivity contribution is 6.26. The number of hydrogen-bond donors (Lipinski definition) is 0. The van der Waals surface area contributed by atoms with Gasteiger partial charge < -0.3 is 0 Å². The van der Waals surface area contributed by atoms with Crippen molar-refractivity contribution in [1.82, 2.24) is 15.0 Å². The van der Waals surface area contributed by atoms with Crippen LogP contribution in [0.15, 0.2) is 182 Å². The lowest BCUT2D eigenvalue weighted by Crippen LogP contribution is -2.00. The number of nitrogens with zero attached hydrogens (tertiary/aromatic N) is 4. The van der Waals surface area contributed by atoms with Crippen molar-refractivity contribution in [2.24, 2.45) is 0 Å². The highest BCUT2D eigenvalue weighted by atomic mass is 14.8. The van der Waals surface area contributed by atoms with Gasteiger partial charge in [0.05, 0.1) is 45.3 Å². The lowest BCUT2D eigenvalue weighted by atomic mass is 9.89. The van der Waals surface area contributed by atoms with Gasteiger partial charge in [-0.25, -0.2) is 15.0 Å². The normalized spacial score (nSPS) is 11.6. The van der Waals surface area contributed by atoms with Gasteiger partial charge in [-0.2, -0.15) is 5.26 Å². The molecule has 0 aliphatic rings. The largest absolute Gasteiger partial charge is 0.247 e. The summed E-state index contributed by atoms with van der Waals surface area (Å²) < 4.78 is 0. The van der Waals surface area contributed by atoms with Crippen LogP contribution in [0.5, 0.6) is 0 Å². The van der Waals surface area contributed by atoms with Gasteiger partial charge in [0.25, 0.3) is 0 Å². The zero-order valence-electron chi connectivity index (χ0n) is 30.1. The lowest BCUT2D eigenvalue weighted by molar-refractivity contribution is 1.29.